The highest BCUT2D eigenvalue weighted by molar-refractivity contribution is 6.36. The Hall–Kier alpha value is -0.740. The smallest absolute Gasteiger partial charge is 0.145 e. The van der Waals surface area contributed by atoms with Crippen LogP contribution in [0.2, 0.25) is 10.0 Å². The fraction of sp³-hybridized carbons (Fsp3) is 0.529. The Morgan fingerprint density at radius 1 is 1.18 bits per heavy atom. The topological polar surface area (TPSA) is 41.5 Å². The van der Waals surface area contributed by atoms with E-state index in [1.165, 1.54) is 5.57 Å². The van der Waals surface area contributed by atoms with Gasteiger partial charge in [-0.15, -0.1) is 0 Å². The van der Waals surface area contributed by atoms with Gasteiger partial charge in [-0.2, -0.15) is 0 Å². The molecule has 120 valence electrons. The first kappa shape index (κ1) is 16.1. The first-order chi connectivity index (χ1) is 10.7. The molecule has 22 heavy (non-hydrogen) atoms. The summed E-state index contributed by atoms with van der Waals surface area (Å²) in [6, 6.07) is 4.13. The summed E-state index contributed by atoms with van der Waals surface area (Å²) in [5.74, 6) is 1.21. The highest BCUT2D eigenvalue weighted by Crippen LogP contribution is 2.36. The molecule has 0 saturated heterocycles. The normalized spacial score (nSPS) is 24.4. The van der Waals surface area contributed by atoms with Crippen LogP contribution in [0.25, 0.3) is 6.08 Å². The molecule has 5 heteroatoms. The van der Waals surface area contributed by atoms with E-state index in [0.717, 1.165) is 43.5 Å². The average molecular weight is 342 g/mol. The number of halogens is 2. The molecule has 1 aliphatic carbocycles. The second-order valence-electron chi connectivity index (χ2n) is 6.18. The monoisotopic (exact) mass is 341 g/mol. The molecule has 0 amide bonds. The third kappa shape index (κ3) is 3.77. The number of nitrogens with one attached hydrogen (secondary N) is 1. The van der Waals surface area contributed by atoms with E-state index >= 15 is 0 Å². The highest BCUT2D eigenvalue weighted by atomic mass is 35.5. The van der Waals surface area contributed by atoms with Crippen molar-refractivity contribution in [1.29, 1.82) is 0 Å². The van der Waals surface area contributed by atoms with E-state index in [0.29, 0.717) is 35.2 Å². The number of ether oxygens (including phenoxy) is 1. The van der Waals surface area contributed by atoms with Gasteiger partial charge in [0.2, 0.25) is 0 Å². The maximum atomic E-state index is 9.18. The molecule has 1 aromatic carbocycles. The van der Waals surface area contributed by atoms with Gasteiger partial charge in [-0.25, -0.2) is 0 Å². The van der Waals surface area contributed by atoms with E-state index < -0.39 is 0 Å². The van der Waals surface area contributed by atoms with Crippen LogP contribution >= 0.6 is 23.2 Å². The third-order valence-electron chi connectivity index (χ3n) is 4.52. The average Bonchev–Trinajstić information content (AvgIpc) is 2.53. The summed E-state index contributed by atoms with van der Waals surface area (Å²) in [4.78, 5) is 0. The fourth-order valence-corrected chi connectivity index (χ4v) is 3.76. The lowest BCUT2D eigenvalue weighted by atomic mass is 9.86. The molecule has 0 spiro atoms. The van der Waals surface area contributed by atoms with Gasteiger partial charge in [0.05, 0.1) is 5.02 Å². The van der Waals surface area contributed by atoms with Crippen molar-refractivity contribution in [3.05, 3.63) is 33.3 Å². The number of hydrogen-bond acceptors (Lipinski definition) is 3. The minimum absolute atomic E-state index is 0.323. The maximum Gasteiger partial charge on any atom is 0.145 e. The summed E-state index contributed by atoms with van der Waals surface area (Å²) in [5.41, 5.74) is 2.15. The number of rotatable bonds is 4. The zero-order valence-corrected chi connectivity index (χ0v) is 14.0. The van der Waals surface area contributed by atoms with E-state index in [4.69, 9.17) is 27.9 Å². The van der Waals surface area contributed by atoms with Crippen molar-refractivity contribution in [2.24, 2.45) is 5.92 Å². The van der Waals surface area contributed by atoms with Gasteiger partial charge in [0.1, 0.15) is 12.4 Å². The van der Waals surface area contributed by atoms with Crippen molar-refractivity contribution >= 4 is 29.3 Å². The lowest BCUT2D eigenvalue weighted by Crippen LogP contribution is -2.36. The molecule has 1 saturated carbocycles. The van der Waals surface area contributed by atoms with Crippen LogP contribution in [0, 0.1) is 5.92 Å². The summed E-state index contributed by atoms with van der Waals surface area (Å²) in [6.07, 6.45) is 6.60. The number of aliphatic hydroxyl groups excluding tert-OH is 1. The molecule has 3 rings (SSSR count). The van der Waals surface area contributed by atoms with Gasteiger partial charge in [-0.3, -0.25) is 0 Å². The molecular formula is C17H21Cl2NO2. The lowest BCUT2D eigenvalue weighted by molar-refractivity contribution is 0.176. The standard InChI is InChI=1S/C17H21Cl2NO2/c18-14-6-13-5-12(10-22-17(13)16(19)7-14)8-20-15-3-1-11(9-21)2-4-15/h5-7,11,15,20-21H,1-4,8-10H2. The molecular weight excluding hydrogens is 321 g/mol. The number of benzene rings is 1. The summed E-state index contributed by atoms with van der Waals surface area (Å²) in [5, 5.41) is 14.0. The van der Waals surface area contributed by atoms with Crippen LogP contribution in [0.3, 0.4) is 0 Å². The van der Waals surface area contributed by atoms with Gasteiger partial charge in [0.15, 0.2) is 0 Å². The molecule has 0 aromatic heterocycles. The van der Waals surface area contributed by atoms with Gasteiger partial charge in [0.25, 0.3) is 0 Å². The van der Waals surface area contributed by atoms with Gasteiger partial charge in [-0.05, 0) is 55.4 Å². The van der Waals surface area contributed by atoms with Crippen LogP contribution < -0.4 is 10.1 Å². The molecule has 2 aliphatic rings. The van der Waals surface area contributed by atoms with Gasteiger partial charge in [0, 0.05) is 29.8 Å². The van der Waals surface area contributed by atoms with Crippen LogP contribution in [-0.4, -0.2) is 30.9 Å². The van der Waals surface area contributed by atoms with Crippen LogP contribution in [0.4, 0.5) is 0 Å². The van der Waals surface area contributed by atoms with E-state index in [1.807, 2.05) is 6.07 Å². The molecule has 2 N–H and O–H groups in total. The Morgan fingerprint density at radius 3 is 2.68 bits per heavy atom. The Labute approximate surface area is 141 Å². The van der Waals surface area contributed by atoms with E-state index in [1.54, 1.807) is 6.07 Å². The Bertz CT molecular complexity index is 566. The highest BCUT2D eigenvalue weighted by Gasteiger charge is 2.21. The quantitative estimate of drug-likeness (QED) is 0.872. The molecule has 0 bridgehead atoms. The number of fused-ring (bicyclic) bond motifs is 1. The van der Waals surface area contributed by atoms with Gasteiger partial charge < -0.3 is 15.2 Å². The fourth-order valence-electron chi connectivity index (χ4n) is 3.19. The largest absolute Gasteiger partial charge is 0.487 e. The van der Waals surface area contributed by atoms with Crippen LogP contribution in [0.5, 0.6) is 5.75 Å². The van der Waals surface area contributed by atoms with Gasteiger partial charge in [-0.1, -0.05) is 23.2 Å². The molecule has 0 atom stereocenters. The van der Waals surface area contributed by atoms with E-state index in [9.17, 15) is 5.11 Å². The molecule has 1 heterocycles. The summed E-state index contributed by atoms with van der Waals surface area (Å²) in [6.45, 7) is 1.70. The summed E-state index contributed by atoms with van der Waals surface area (Å²) in [7, 11) is 0. The first-order valence-electron chi connectivity index (χ1n) is 7.81. The second-order valence-corrected chi connectivity index (χ2v) is 7.02. The third-order valence-corrected chi connectivity index (χ3v) is 5.02. The summed E-state index contributed by atoms with van der Waals surface area (Å²) < 4.78 is 5.76. The number of aliphatic hydroxyl groups is 1. The van der Waals surface area contributed by atoms with Crippen LogP contribution in [-0.2, 0) is 0 Å². The molecule has 3 nitrogen and oxygen atoms in total. The molecule has 0 unspecified atom stereocenters. The van der Waals surface area contributed by atoms with E-state index in [2.05, 4.69) is 11.4 Å². The molecule has 1 fully saturated rings. The zero-order chi connectivity index (χ0) is 15.5. The first-order valence-corrected chi connectivity index (χ1v) is 8.57. The predicted octanol–water partition coefficient (Wildman–Crippen LogP) is 3.91. The number of hydrogen-bond donors (Lipinski definition) is 2. The van der Waals surface area contributed by atoms with Crippen LogP contribution in [0.15, 0.2) is 17.7 Å². The second kappa shape index (κ2) is 7.22. The van der Waals surface area contributed by atoms with Crippen molar-refractivity contribution in [1.82, 2.24) is 5.32 Å². The SMILES string of the molecule is OCC1CCC(NCC2=Cc3cc(Cl)cc(Cl)c3OC2)CC1. The molecule has 1 aromatic rings. The van der Waals surface area contributed by atoms with Gasteiger partial charge >= 0.3 is 0 Å². The molecule has 0 radical (unpaired) electrons. The Kier molecular flexibility index (Phi) is 5.29. The predicted molar refractivity (Wildman–Crippen MR) is 90.8 cm³/mol. The van der Waals surface area contributed by atoms with Crippen molar-refractivity contribution in [2.45, 2.75) is 31.7 Å². The van der Waals surface area contributed by atoms with E-state index in [-0.39, 0.29) is 0 Å². The van der Waals surface area contributed by atoms with Crippen molar-refractivity contribution in [3.8, 4) is 5.75 Å². The Morgan fingerprint density at radius 2 is 1.95 bits per heavy atom. The minimum atomic E-state index is 0.323. The Balaban J connectivity index is 1.59. The van der Waals surface area contributed by atoms with Crippen molar-refractivity contribution < 1.29 is 9.84 Å². The zero-order valence-electron chi connectivity index (χ0n) is 12.4. The molecule has 1 aliphatic heterocycles. The summed E-state index contributed by atoms with van der Waals surface area (Å²) >= 11 is 12.2. The maximum absolute atomic E-state index is 9.18. The van der Waals surface area contributed by atoms with Crippen molar-refractivity contribution in [2.75, 3.05) is 19.8 Å². The van der Waals surface area contributed by atoms with Crippen molar-refractivity contribution in [3.63, 3.8) is 0 Å². The minimum Gasteiger partial charge on any atom is -0.487 e. The lowest BCUT2D eigenvalue weighted by Gasteiger charge is -2.29. The van der Waals surface area contributed by atoms with Crippen LogP contribution in [0.1, 0.15) is 31.2 Å².